The van der Waals surface area contributed by atoms with E-state index in [1.54, 1.807) is 6.92 Å². The van der Waals surface area contributed by atoms with Crippen LogP contribution >= 0.6 is 0 Å². The van der Waals surface area contributed by atoms with Crippen LogP contribution in [0.5, 0.6) is 0 Å². The van der Waals surface area contributed by atoms with E-state index in [1.807, 2.05) is 29.7 Å². The van der Waals surface area contributed by atoms with E-state index >= 15 is 0 Å². The third-order valence-corrected chi connectivity index (χ3v) is 3.27. The molecule has 1 heterocycles. The summed E-state index contributed by atoms with van der Waals surface area (Å²) in [5.74, 6) is 0.831. The predicted octanol–water partition coefficient (Wildman–Crippen LogP) is 2.87. The molecule has 2 N–H and O–H groups in total. The number of ether oxygens (including phenoxy) is 1. The van der Waals surface area contributed by atoms with E-state index < -0.39 is 6.04 Å². The Bertz CT molecular complexity index is 631. The lowest BCUT2D eigenvalue weighted by molar-refractivity contribution is -0.146. The third kappa shape index (κ3) is 2.48. The Morgan fingerprint density at radius 1 is 1.40 bits per heavy atom. The number of fused-ring (bicyclic) bond motifs is 1. The van der Waals surface area contributed by atoms with Crippen LogP contribution in [0.25, 0.3) is 11.0 Å². The van der Waals surface area contributed by atoms with Gasteiger partial charge in [-0.05, 0) is 32.0 Å². The smallest absolute Gasteiger partial charge is 0.328 e. The number of carbonyl (C=O) groups is 1. The molecular weight excluding hydrogens is 254 g/mol. The van der Waals surface area contributed by atoms with Crippen LogP contribution < -0.4 is 5.73 Å². The molecule has 0 saturated heterocycles. The van der Waals surface area contributed by atoms with Crippen molar-refractivity contribution in [3.8, 4) is 0 Å². The van der Waals surface area contributed by atoms with E-state index in [4.69, 9.17) is 10.5 Å². The molecule has 1 aromatic heterocycles. The highest BCUT2D eigenvalue weighted by Crippen LogP contribution is 2.27. The standard InChI is InChI=1S/C15H21N3O2/c1-5-20-15(19)10(4)18-13-7-6-11(16)8-12(13)17-14(18)9(2)3/h6-10H,5,16H2,1-4H3. The molecule has 20 heavy (non-hydrogen) atoms. The van der Waals surface area contributed by atoms with Gasteiger partial charge in [0.05, 0.1) is 17.6 Å². The summed E-state index contributed by atoms with van der Waals surface area (Å²) in [6.45, 7) is 8.12. The molecule has 0 aliphatic rings. The average molecular weight is 275 g/mol. The number of carbonyl (C=O) groups excluding carboxylic acids is 1. The monoisotopic (exact) mass is 275 g/mol. The highest BCUT2D eigenvalue weighted by atomic mass is 16.5. The lowest BCUT2D eigenvalue weighted by atomic mass is 10.2. The van der Waals surface area contributed by atoms with Gasteiger partial charge in [-0.1, -0.05) is 13.8 Å². The second-order valence-corrected chi connectivity index (χ2v) is 5.17. The van der Waals surface area contributed by atoms with E-state index in [0.29, 0.717) is 12.3 Å². The summed E-state index contributed by atoms with van der Waals surface area (Å²) in [4.78, 5) is 16.6. The summed E-state index contributed by atoms with van der Waals surface area (Å²) < 4.78 is 7.06. The molecule has 0 amide bonds. The van der Waals surface area contributed by atoms with E-state index in [1.165, 1.54) is 0 Å². The number of hydrogen-bond donors (Lipinski definition) is 1. The van der Waals surface area contributed by atoms with Crippen molar-refractivity contribution in [3.05, 3.63) is 24.0 Å². The molecule has 0 aliphatic heterocycles. The molecule has 0 saturated carbocycles. The first-order valence-corrected chi connectivity index (χ1v) is 6.89. The van der Waals surface area contributed by atoms with Gasteiger partial charge >= 0.3 is 5.97 Å². The van der Waals surface area contributed by atoms with E-state index in [2.05, 4.69) is 18.8 Å². The summed E-state index contributed by atoms with van der Waals surface area (Å²) in [5.41, 5.74) is 8.19. The van der Waals surface area contributed by atoms with Gasteiger partial charge in [0.2, 0.25) is 0 Å². The SMILES string of the molecule is CCOC(=O)C(C)n1c(C(C)C)nc2cc(N)ccc21. The van der Waals surface area contributed by atoms with Crippen LogP contribution in [-0.2, 0) is 9.53 Å². The van der Waals surface area contributed by atoms with Crippen LogP contribution in [0.2, 0.25) is 0 Å². The minimum absolute atomic E-state index is 0.209. The quantitative estimate of drug-likeness (QED) is 0.688. The number of aromatic nitrogens is 2. The highest BCUT2D eigenvalue weighted by molar-refractivity contribution is 5.83. The third-order valence-electron chi connectivity index (χ3n) is 3.27. The molecule has 2 aromatic rings. The first-order valence-electron chi connectivity index (χ1n) is 6.89. The van der Waals surface area contributed by atoms with Gasteiger partial charge in [-0.2, -0.15) is 0 Å². The van der Waals surface area contributed by atoms with Gasteiger partial charge in [-0.15, -0.1) is 0 Å². The van der Waals surface area contributed by atoms with Crippen LogP contribution in [-0.4, -0.2) is 22.1 Å². The fourth-order valence-corrected chi connectivity index (χ4v) is 2.32. The van der Waals surface area contributed by atoms with Gasteiger partial charge in [-0.25, -0.2) is 9.78 Å². The molecule has 0 spiro atoms. The zero-order chi connectivity index (χ0) is 14.9. The number of nitrogens with zero attached hydrogens (tertiary/aromatic N) is 2. The molecule has 5 heteroatoms. The molecule has 0 fully saturated rings. The molecule has 108 valence electrons. The van der Waals surface area contributed by atoms with Gasteiger partial charge in [-0.3, -0.25) is 0 Å². The number of esters is 1. The summed E-state index contributed by atoms with van der Waals surface area (Å²) >= 11 is 0. The van der Waals surface area contributed by atoms with Crippen molar-refractivity contribution in [3.63, 3.8) is 0 Å². The molecular formula is C15H21N3O2. The van der Waals surface area contributed by atoms with Crippen LogP contribution in [0.1, 0.15) is 45.5 Å². The summed E-state index contributed by atoms with van der Waals surface area (Å²) in [5, 5.41) is 0. The molecule has 1 unspecified atom stereocenters. The van der Waals surface area contributed by atoms with E-state index in [9.17, 15) is 4.79 Å². The summed E-state index contributed by atoms with van der Waals surface area (Å²) in [6, 6.07) is 5.15. The van der Waals surface area contributed by atoms with E-state index in [0.717, 1.165) is 16.9 Å². The maximum Gasteiger partial charge on any atom is 0.328 e. The van der Waals surface area contributed by atoms with Crippen LogP contribution in [0.3, 0.4) is 0 Å². The van der Waals surface area contributed by atoms with Crippen molar-refractivity contribution in [2.75, 3.05) is 12.3 Å². The Balaban J connectivity index is 2.59. The highest BCUT2D eigenvalue weighted by Gasteiger charge is 2.23. The Kier molecular flexibility index (Phi) is 3.97. The number of nitrogens with two attached hydrogens (primary N) is 1. The Morgan fingerprint density at radius 3 is 2.70 bits per heavy atom. The number of benzene rings is 1. The largest absolute Gasteiger partial charge is 0.464 e. The van der Waals surface area contributed by atoms with Crippen LogP contribution in [0, 0.1) is 0 Å². The number of anilines is 1. The number of imidazole rings is 1. The minimum atomic E-state index is -0.402. The second kappa shape index (κ2) is 5.53. The van der Waals surface area contributed by atoms with Gasteiger partial charge in [0.25, 0.3) is 0 Å². The van der Waals surface area contributed by atoms with Crippen molar-refractivity contribution in [1.29, 1.82) is 0 Å². The predicted molar refractivity (Wildman–Crippen MR) is 79.6 cm³/mol. The average Bonchev–Trinajstić information content (AvgIpc) is 2.76. The Morgan fingerprint density at radius 2 is 2.10 bits per heavy atom. The Hall–Kier alpha value is -2.04. The second-order valence-electron chi connectivity index (χ2n) is 5.17. The summed E-state index contributed by atoms with van der Waals surface area (Å²) in [7, 11) is 0. The number of rotatable bonds is 4. The van der Waals surface area contributed by atoms with Crippen molar-refractivity contribution >= 4 is 22.7 Å². The number of nitrogen functional groups attached to an aromatic ring is 1. The van der Waals surface area contributed by atoms with Crippen molar-refractivity contribution in [1.82, 2.24) is 9.55 Å². The van der Waals surface area contributed by atoms with Crippen molar-refractivity contribution in [2.24, 2.45) is 0 Å². The number of hydrogen-bond acceptors (Lipinski definition) is 4. The molecule has 0 bridgehead atoms. The van der Waals surface area contributed by atoms with E-state index in [-0.39, 0.29) is 11.9 Å². The molecule has 0 aliphatic carbocycles. The zero-order valence-corrected chi connectivity index (χ0v) is 12.4. The van der Waals surface area contributed by atoms with Gasteiger partial charge in [0.15, 0.2) is 0 Å². The molecule has 1 atom stereocenters. The first-order chi connectivity index (χ1) is 9.45. The minimum Gasteiger partial charge on any atom is -0.464 e. The van der Waals surface area contributed by atoms with Crippen LogP contribution in [0.4, 0.5) is 5.69 Å². The van der Waals surface area contributed by atoms with Crippen LogP contribution in [0.15, 0.2) is 18.2 Å². The molecule has 0 radical (unpaired) electrons. The summed E-state index contributed by atoms with van der Waals surface area (Å²) in [6.07, 6.45) is 0. The Labute approximate surface area is 118 Å². The first kappa shape index (κ1) is 14.4. The lowest BCUT2D eigenvalue weighted by Crippen LogP contribution is -2.21. The van der Waals surface area contributed by atoms with Gasteiger partial charge in [0, 0.05) is 11.6 Å². The van der Waals surface area contributed by atoms with Crippen molar-refractivity contribution in [2.45, 2.75) is 39.7 Å². The normalized spacial score (nSPS) is 12.8. The topological polar surface area (TPSA) is 70.1 Å². The van der Waals surface area contributed by atoms with Gasteiger partial charge in [0.1, 0.15) is 11.9 Å². The fourth-order valence-electron chi connectivity index (χ4n) is 2.32. The fraction of sp³-hybridized carbons (Fsp3) is 0.467. The van der Waals surface area contributed by atoms with Crippen molar-refractivity contribution < 1.29 is 9.53 Å². The van der Waals surface area contributed by atoms with Gasteiger partial charge < -0.3 is 15.0 Å². The maximum absolute atomic E-state index is 12.0. The molecule has 2 rings (SSSR count). The molecule has 5 nitrogen and oxygen atoms in total. The zero-order valence-electron chi connectivity index (χ0n) is 12.4. The molecule has 1 aromatic carbocycles. The lowest BCUT2D eigenvalue weighted by Gasteiger charge is -2.17. The maximum atomic E-state index is 12.0.